The van der Waals surface area contributed by atoms with Gasteiger partial charge >= 0.3 is 0 Å². The van der Waals surface area contributed by atoms with E-state index in [0.29, 0.717) is 0 Å². The SMILES string of the molecule is Cc1ccccc1-c1cccc(-c2cccc(-c3cccc4c3Cc3ccccc3-4)c2C(C)(C)C)c1C. The van der Waals surface area contributed by atoms with E-state index in [-0.39, 0.29) is 5.41 Å². The van der Waals surface area contributed by atoms with Crippen molar-refractivity contribution in [2.24, 2.45) is 0 Å². The van der Waals surface area contributed by atoms with Gasteiger partial charge in [-0.1, -0.05) is 124 Å². The molecule has 0 N–H and O–H groups in total. The standard InChI is InChI=1S/C37H34/c1-24-13-6-8-15-27(24)28-17-10-18-29(25(28)2)33-21-12-22-34(36(33)37(3,4)5)32-20-11-19-31-30-16-9-7-14-26(30)23-35(31)32/h6-22H,23H2,1-5H3. The summed E-state index contributed by atoms with van der Waals surface area (Å²) < 4.78 is 0. The molecule has 0 aliphatic heterocycles. The average molecular weight is 479 g/mol. The topological polar surface area (TPSA) is 0 Å². The monoisotopic (exact) mass is 478 g/mol. The Hall–Kier alpha value is -3.90. The highest BCUT2D eigenvalue weighted by molar-refractivity contribution is 5.90. The van der Waals surface area contributed by atoms with Crippen LogP contribution in [0.1, 0.15) is 48.6 Å². The molecule has 0 saturated carbocycles. The van der Waals surface area contributed by atoms with Crippen LogP contribution in [0.3, 0.4) is 0 Å². The molecule has 0 saturated heterocycles. The molecule has 1 aliphatic carbocycles. The zero-order chi connectivity index (χ0) is 25.7. The summed E-state index contributed by atoms with van der Waals surface area (Å²) in [6, 6.07) is 38.1. The fourth-order valence-corrected chi connectivity index (χ4v) is 6.31. The van der Waals surface area contributed by atoms with Crippen molar-refractivity contribution in [3.05, 3.63) is 131 Å². The smallest absolute Gasteiger partial charge is 0.000728 e. The first-order chi connectivity index (χ1) is 17.8. The second kappa shape index (κ2) is 8.89. The van der Waals surface area contributed by atoms with Gasteiger partial charge in [0.2, 0.25) is 0 Å². The van der Waals surface area contributed by atoms with E-state index >= 15 is 0 Å². The number of rotatable bonds is 3. The van der Waals surface area contributed by atoms with E-state index in [9.17, 15) is 0 Å². The molecule has 0 bridgehead atoms. The fraction of sp³-hybridized carbons (Fsp3) is 0.189. The lowest BCUT2D eigenvalue weighted by molar-refractivity contribution is 0.593. The fourth-order valence-electron chi connectivity index (χ4n) is 6.31. The van der Waals surface area contributed by atoms with E-state index in [1.54, 1.807) is 0 Å². The van der Waals surface area contributed by atoms with Crippen molar-refractivity contribution < 1.29 is 0 Å². The number of aryl methyl sites for hydroxylation is 1. The molecule has 6 rings (SSSR count). The zero-order valence-corrected chi connectivity index (χ0v) is 22.5. The van der Waals surface area contributed by atoms with Gasteiger partial charge in [0.1, 0.15) is 0 Å². The van der Waals surface area contributed by atoms with Crippen LogP contribution in [0.2, 0.25) is 0 Å². The zero-order valence-electron chi connectivity index (χ0n) is 22.5. The summed E-state index contributed by atoms with van der Waals surface area (Å²) in [5, 5.41) is 0. The van der Waals surface area contributed by atoms with Gasteiger partial charge < -0.3 is 0 Å². The van der Waals surface area contributed by atoms with Gasteiger partial charge in [0.15, 0.2) is 0 Å². The van der Waals surface area contributed by atoms with Crippen LogP contribution in [0.4, 0.5) is 0 Å². The largest absolute Gasteiger partial charge is 0.0620 e. The van der Waals surface area contributed by atoms with Crippen LogP contribution in [-0.4, -0.2) is 0 Å². The van der Waals surface area contributed by atoms with Crippen LogP contribution >= 0.6 is 0 Å². The average Bonchev–Trinajstić information content (AvgIpc) is 3.27. The normalized spacial score (nSPS) is 12.4. The Bertz CT molecular complexity index is 1640. The maximum absolute atomic E-state index is 2.35. The number of benzene rings is 5. The minimum Gasteiger partial charge on any atom is -0.0620 e. The van der Waals surface area contributed by atoms with Gasteiger partial charge in [-0.05, 0) is 98.0 Å². The molecule has 0 spiro atoms. The Balaban J connectivity index is 1.59. The minimum absolute atomic E-state index is 0.0226. The summed E-state index contributed by atoms with van der Waals surface area (Å²) in [4.78, 5) is 0. The van der Waals surface area contributed by atoms with Crippen molar-refractivity contribution in [3.8, 4) is 44.5 Å². The predicted molar refractivity (Wildman–Crippen MR) is 159 cm³/mol. The van der Waals surface area contributed by atoms with Gasteiger partial charge in [-0.3, -0.25) is 0 Å². The number of hydrogen-bond acceptors (Lipinski definition) is 0. The molecule has 5 aromatic carbocycles. The van der Waals surface area contributed by atoms with E-state index in [4.69, 9.17) is 0 Å². The highest BCUT2D eigenvalue weighted by Crippen LogP contribution is 2.47. The summed E-state index contributed by atoms with van der Waals surface area (Å²) >= 11 is 0. The van der Waals surface area contributed by atoms with Crippen molar-refractivity contribution in [1.29, 1.82) is 0 Å². The molecule has 0 radical (unpaired) electrons. The highest BCUT2D eigenvalue weighted by atomic mass is 14.3. The Morgan fingerprint density at radius 1 is 0.459 bits per heavy atom. The summed E-state index contributed by atoms with van der Waals surface area (Å²) in [5.41, 5.74) is 17.7. The van der Waals surface area contributed by atoms with Crippen LogP contribution < -0.4 is 0 Å². The molecule has 0 aromatic heterocycles. The summed E-state index contributed by atoms with van der Waals surface area (Å²) in [6.07, 6.45) is 0.997. The third kappa shape index (κ3) is 3.92. The van der Waals surface area contributed by atoms with Crippen LogP contribution in [-0.2, 0) is 11.8 Å². The number of fused-ring (bicyclic) bond motifs is 3. The van der Waals surface area contributed by atoms with Gasteiger partial charge in [0.25, 0.3) is 0 Å². The molecule has 0 heterocycles. The van der Waals surface area contributed by atoms with E-state index < -0.39 is 0 Å². The van der Waals surface area contributed by atoms with Crippen molar-refractivity contribution >= 4 is 0 Å². The van der Waals surface area contributed by atoms with E-state index in [2.05, 4.69) is 138 Å². The molecular formula is C37H34. The maximum Gasteiger partial charge on any atom is -0.000728 e. The molecule has 0 nitrogen and oxygen atoms in total. The lowest BCUT2D eigenvalue weighted by atomic mass is 9.75. The molecule has 182 valence electrons. The molecule has 0 amide bonds. The van der Waals surface area contributed by atoms with Crippen LogP contribution in [0, 0.1) is 13.8 Å². The Labute approximate surface area is 221 Å². The third-order valence-corrected chi connectivity index (χ3v) is 8.01. The first-order valence-electron chi connectivity index (χ1n) is 13.3. The minimum atomic E-state index is -0.0226. The molecular weight excluding hydrogens is 444 g/mol. The third-order valence-electron chi connectivity index (χ3n) is 8.01. The second-order valence-corrected chi connectivity index (χ2v) is 11.4. The van der Waals surface area contributed by atoms with Gasteiger partial charge in [-0.25, -0.2) is 0 Å². The molecule has 0 atom stereocenters. The van der Waals surface area contributed by atoms with E-state index in [0.717, 1.165) is 6.42 Å². The van der Waals surface area contributed by atoms with E-state index in [1.165, 1.54) is 72.3 Å². The van der Waals surface area contributed by atoms with Gasteiger partial charge in [0, 0.05) is 0 Å². The van der Waals surface area contributed by atoms with Crippen LogP contribution in [0.15, 0.2) is 103 Å². The Morgan fingerprint density at radius 2 is 0.919 bits per heavy atom. The van der Waals surface area contributed by atoms with Crippen molar-refractivity contribution in [1.82, 2.24) is 0 Å². The molecule has 5 aromatic rings. The summed E-state index contributed by atoms with van der Waals surface area (Å²) in [7, 11) is 0. The lowest BCUT2D eigenvalue weighted by Gasteiger charge is -2.28. The Morgan fingerprint density at radius 3 is 1.57 bits per heavy atom. The van der Waals surface area contributed by atoms with Gasteiger partial charge in [-0.15, -0.1) is 0 Å². The van der Waals surface area contributed by atoms with Crippen molar-refractivity contribution in [2.45, 2.75) is 46.5 Å². The first-order valence-corrected chi connectivity index (χ1v) is 13.3. The van der Waals surface area contributed by atoms with Crippen LogP contribution in [0.5, 0.6) is 0 Å². The summed E-state index contributed by atoms with van der Waals surface area (Å²) in [6.45, 7) is 11.6. The maximum atomic E-state index is 2.35. The predicted octanol–water partition coefficient (Wildman–Crippen LogP) is 10.2. The second-order valence-electron chi connectivity index (χ2n) is 11.4. The molecule has 0 fully saturated rings. The van der Waals surface area contributed by atoms with Crippen molar-refractivity contribution in [2.75, 3.05) is 0 Å². The first kappa shape index (κ1) is 23.5. The van der Waals surface area contributed by atoms with E-state index in [1.807, 2.05) is 0 Å². The van der Waals surface area contributed by atoms with Crippen molar-refractivity contribution in [3.63, 3.8) is 0 Å². The molecule has 0 unspecified atom stereocenters. The molecule has 0 heteroatoms. The quantitative estimate of drug-likeness (QED) is 0.237. The van der Waals surface area contributed by atoms with Crippen LogP contribution in [0.25, 0.3) is 44.5 Å². The molecule has 37 heavy (non-hydrogen) atoms. The number of hydrogen-bond donors (Lipinski definition) is 0. The lowest BCUT2D eigenvalue weighted by Crippen LogP contribution is -2.15. The van der Waals surface area contributed by atoms with Gasteiger partial charge in [-0.2, -0.15) is 0 Å². The summed E-state index contributed by atoms with van der Waals surface area (Å²) in [5.74, 6) is 0. The molecule has 1 aliphatic rings. The highest BCUT2D eigenvalue weighted by Gasteiger charge is 2.28. The van der Waals surface area contributed by atoms with Gasteiger partial charge in [0.05, 0.1) is 0 Å². The Kier molecular flexibility index (Phi) is 5.64.